The second kappa shape index (κ2) is 6.06. The lowest BCUT2D eigenvalue weighted by Crippen LogP contribution is -2.37. The van der Waals surface area contributed by atoms with Crippen LogP contribution in [0.1, 0.15) is 29.8 Å². The van der Waals surface area contributed by atoms with E-state index in [2.05, 4.69) is 14.9 Å². The molecule has 0 radical (unpaired) electrons. The molecule has 2 aromatic heterocycles. The molecule has 9 heteroatoms. The van der Waals surface area contributed by atoms with Crippen molar-refractivity contribution in [3.8, 4) is 0 Å². The van der Waals surface area contributed by atoms with Crippen molar-refractivity contribution in [3.05, 3.63) is 29.5 Å². The lowest BCUT2D eigenvalue weighted by molar-refractivity contribution is 0.384. The molecule has 0 N–H and O–H groups in total. The fraction of sp³-hybridized carbons (Fsp3) is 0.562. The van der Waals surface area contributed by atoms with Crippen LogP contribution in [-0.4, -0.2) is 51.9 Å². The van der Waals surface area contributed by atoms with Crippen LogP contribution in [0, 0.1) is 6.92 Å². The van der Waals surface area contributed by atoms with Crippen LogP contribution in [0.25, 0.3) is 0 Å². The van der Waals surface area contributed by atoms with E-state index in [1.807, 2.05) is 6.92 Å². The number of fused-ring (bicyclic) bond motifs is 1. The number of hydrogen-bond acceptors (Lipinski definition) is 6. The summed E-state index contributed by atoms with van der Waals surface area (Å²) in [6.07, 6.45) is 5.99. The van der Waals surface area contributed by atoms with Gasteiger partial charge >= 0.3 is 0 Å². The van der Waals surface area contributed by atoms with Crippen molar-refractivity contribution in [2.24, 2.45) is 7.05 Å². The van der Waals surface area contributed by atoms with E-state index in [1.54, 1.807) is 11.6 Å². The van der Waals surface area contributed by atoms with Gasteiger partial charge in [-0.2, -0.15) is 4.31 Å². The first-order chi connectivity index (χ1) is 11.9. The molecule has 1 fully saturated rings. The average Bonchev–Trinajstić information content (AvgIpc) is 3.26. The third-order valence-electron chi connectivity index (χ3n) is 4.89. The highest BCUT2D eigenvalue weighted by atomic mass is 32.2. The largest absolute Gasteiger partial charge is 0.341 e. The smallest absolute Gasteiger partial charge is 0.262 e. The molecular weight excluding hydrogens is 340 g/mol. The van der Waals surface area contributed by atoms with Gasteiger partial charge in [0.2, 0.25) is 5.95 Å². The summed E-state index contributed by atoms with van der Waals surface area (Å²) < 4.78 is 28.7. The summed E-state index contributed by atoms with van der Waals surface area (Å²) >= 11 is 0. The van der Waals surface area contributed by atoms with Gasteiger partial charge in [-0.1, -0.05) is 0 Å². The van der Waals surface area contributed by atoms with Gasteiger partial charge in [-0.3, -0.25) is 0 Å². The van der Waals surface area contributed by atoms with Crippen LogP contribution in [0.2, 0.25) is 0 Å². The second-order valence-corrected chi connectivity index (χ2v) is 8.58. The molecule has 0 amide bonds. The summed E-state index contributed by atoms with van der Waals surface area (Å²) in [6, 6.07) is 0. The van der Waals surface area contributed by atoms with Crippen molar-refractivity contribution in [1.29, 1.82) is 0 Å². The van der Waals surface area contributed by atoms with Crippen LogP contribution in [0.15, 0.2) is 17.6 Å². The SMILES string of the molecule is Cc1nc(N2CCCC2)nc2c1CN(S(=O)(=O)c1cn(C)cn1)CC2. The first kappa shape index (κ1) is 16.5. The van der Waals surface area contributed by atoms with Gasteiger partial charge in [0.1, 0.15) is 0 Å². The molecule has 2 aliphatic heterocycles. The maximum atomic E-state index is 12.8. The first-order valence-electron chi connectivity index (χ1n) is 8.54. The number of rotatable bonds is 3. The number of anilines is 1. The van der Waals surface area contributed by atoms with Crippen molar-refractivity contribution in [2.75, 3.05) is 24.5 Å². The summed E-state index contributed by atoms with van der Waals surface area (Å²) in [6.45, 7) is 4.66. The lowest BCUT2D eigenvalue weighted by Gasteiger charge is -2.28. The molecular formula is C16H22N6O2S. The molecule has 25 heavy (non-hydrogen) atoms. The molecule has 0 aliphatic carbocycles. The average molecular weight is 362 g/mol. The van der Waals surface area contributed by atoms with Gasteiger partial charge in [0, 0.05) is 57.1 Å². The predicted octanol–water partition coefficient (Wildman–Crippen LogP) is 0.866. The summed E-state index contributed by atoms with van der Waals surface area (Å²) in [7, 11) is -1.83. The Morgan fingerprint density at radius 3 is 2.56 bits per heavy atom. The Hall–Kier alpha value is -2.00. The zero-order chi connectivity index (χ0) is 17.6. The van der Waals surface area contributed by atoms with Crippen LogP contribution < -0.4 is 4.90 Å². The van der Waals surface area contributed by atoms with E-state index in [0.717, 1.165) is 36.0 Å². The van der Waals surface area contributed by atoms with Crippen molar-refractivity contribution < 1.29 is 8.42 Å². The molecule has 4 rings (SSSR count). The number of sulfonamides is 1. The highest BCUT2D eigenvalue weighted by molar-refractivity contribution is 7.89. The lowest BCUT2D eigenvalue weighted by atomic mass is 10.1. The zero-order valence-corrected chi connectivity index (χ0v) is 15.3. The Labute approximate surface area is 147 Å². The Morgan fingerprint density at radius 2 is 1.88 bits per heavy atom. The molecule has 134 valence electrons. The van der Waals surface area contributed by atoms with Gasteiger partial charge in [0.05, 0.1) is 12.0 Å². The molecule has 0 saturated carbocycles. The Bertz CT molecular complexity index is 901. The molecule has 0 spiro atoms. The number of aryl methyl sites for hydroxylation is 2. The van der Waals surface area contributed by atoms with Crippen LogP contribution >= 0.6 is 0 Å². The molecule has 0 bridgehead atoms. The minimum Gasteiger partial charge on any atom is -0.341 e. The van der Waals surface area contributed by atoms with Crippen LogP contribution in [0.5, 0.6) is 0 Å². The normalized spacial score (nSPS) is 18.6. The summed E-state index contributed by atoms with van der Waals surface area (Å²) in [5.41, 5.74) is 2.77. The van der Waals surface area contributed by atoms with E-state index in [-0.39, 0.29) is 5.03 Å². The van der Waals surface area contributed by atoms with Gasteiger partial charge < -0.3 is 9.47 Å². The Kier molecular flexibility index (Phi) is 3.99. The number of aromatic nitrogens is 4. The van der Waals surface area contributed by atoms with Crippen molar-refractivity contribution >= 4 is 16.0 Å². The fourth-order valence-corrected chi connectivity index (χ4v) is 4.83. The van der Waals surface area contributed by atoms with Crippen molar-refractivity contribution in [3.63, 3.8) is 0 Å². The second-order valence-electron chi connectivity index (χ2n) is 6.69. The van der Waals surface area contributed by atoms with Gasteiger partial charge in [-0.25, -0.2) is 23.4 Å². The highest BCUT2D eigenvalue weighted by Crippen LogP contribution is 2.27. The number of nitrogens with zero attached hydrogens (tertiary/aromatic N) is 6. The molecule has 2 aliphatic rings. The van der Waals surface area contributed by atoms with Crippen LogP contribution in [0.3, 0.4) is 0 Å². The number of imidazole rings is 1. The maximum absolute atomic E-state index is 12.8. The summed E-state index contributed by atoms with van der Waals surface area (Å²) in [5.74, 6) is 0.787. The fourth-order valence-electron chi connectivity index (χ4n) is 3.46. The van der Waals surface area contributed by atoms with Crippen LogP contribution in [0.4, 0.5) is 5.95 Å². The minimum absolute atomic E-state index is 0.0886. The van der Waals surface area contributed by atoms with Crippen LogP contribution in [-0.2, 0) is 30.0 Å². The van der Waals surface area contributed by atoms with E-state index < -0.39 is 10.0 Å². The van der Waals surface area contributed by atoms with Gasteiger partial charge in [0.15, 0.2) is 5.03 Å². The topological polar surface area (TPSA) is 84.2 Å². The molecule has 0 unspecified atom stereocenters. The van der Waals surface area contributed by atoms with E-state index >= 15 is 0 Å². The van der Waals surface area contributed by atoms with Gasteiger partial charge in [-0.15, -0.1) is 0 Å². The quantitative estimate of drug-likeness (QED) is 0.805. The van der Waals surface area contributed by atoms with Crippen molar-refractivity contribution in [1.82, 2.24) is 23.8 Å². The molecule has 4 heterocycles. The maximum Gasteiger partial charge on any atom is 0.262 e. The standard InChI is InChI=1S/C16H22N6O2S/c1-12-13-9-22(25(23,24)15-10-20(2)11-17-15)8-5-14(13)19-16(18-12)21-6-3-4-7-21/h10-11H,3-9H2,1-2H3. The third-order valence-corrected chi connectivity index (χ3v) is 6.63. The molecule has 0 aromatic carbocycles. The van der Waals surface area contributed by atoms with E-state index in [9.17, 15) is 8.42 Å². The molecule has 2 aromatic rings. The van der Waals surface area contributed by atoms with Crippen molar-refractivity contribution in [2.45, 2.75) is 37.8 Å². The summed E-state index contributed by atoms with van der Waals surface area (Å²) in [5, 5.41) is 0.0886. The minimum atomic E-state index is -3.59. The monoisotopic (exact) mass is 362 g/mol. The van der Waals surface area contributed by atoms with Gasteiger partial charge in [-0.05, 0) is 19.8 Å². The predicted molar refractivity (Wildman–Crippen MR) is 92.7 cm³/mol. The highest BCUT2D eigenvalue weighted by Gasteiger charge is 2.32. The van der Waals surface area contributed by atoms with E-state index in [0.29, 0.717) is 19.5 Å². The van der Waals surface area contributed by atoms with E-state index in [4.69, 9.17) is 4.98 Å². The Morgan fingerprint density at radius 1 is 1.12 bits per heavy atom. The molecule has 0 atom stereocenters. The van der Waals surface area contributed by atoms with Gasteiger partial charge in [0.25, 0.3) is 10.0 Å². The Balaban J connectivity index is 1.63. The number of hydrogen-bond donors (Lipinski definition) is 0. The molecule has 8 nitrogen and oxygen atoms in total. The zero-order valence-electron chi connectivity index (χ0n) is 14.5. The van der Waals surface area contributed by atoms with E-state index in [1.165, 1.54) is 29.7 Å². The summed E-state index contributed by atoms with van der Waals surface area (Å²) in [4.78, 5) is 15.6. The first-order valence-corrected chi connectivity index (χ1v) is 9.98. The molecule has 1 saturated heterocycles. The third kappa shape index (κ3) is 2.91.